The van der Waals surface area contributed by atoms with Gasteiger partial charge < -0.3 is 16.0 Å². The summed E-state index contributed by atoms with van der Waals surface area (Å²) in [6.07, 6.45) is 3.41. The average Bonchev–Trinajstić information content (AvgIpc) is 3.17. The van der Waals surface area contributed by atoms with Crippen molar-refractivity contribution in [3.63, 3.8) is 0 Å². The summed E-state index contributed by atoms with van der Waals surface area (Å²) in [7, 11) is 0. The molecule has 1 amide bonds. The lowest BCUT2D eigenvalue weighted by Gasteiger charge is -2.11. The summed E-state index contributed by atoms with van der Waals surface area (Å²) < 4.78 is 0. The standard InChI is InChI=1S/C18H24ClN5OS.HI/c1-2-20-18(23-11-8-14-6-7-16(19)24-13-14)22-10-4-9-21-17(25)15-5-3-12-26-15;/h3,5-7,12-13H,2,4,8-11H2,1H3,(H,21,25)(H2,20,22,23);1H. The zero-order chi connectivity index (χ0) is 18.6. The molecule has 6 nitrogen and oxygen atoms in total. The average molecular weight is 522 g/mol. The SMILES string of the molecule is CCNC(=NCCCNC(=O)c1cccs1)NCCc1ccc(Cl)nc1.I. The van der Waals surface area contributed by atoms with Crippen molar-refractivity contribution >= 4 is 58.8 Å². The molecule has 2 rings (SSSR count). The smallest absolute Gasteiger partial charge is 0.261 e. The Morgan fingerprint density at radius 1 is 1.22 bits per heavy atom. The fraction of sp³-hybridized carbons (Fsp3) is 0.389. The topological polar surface area (TPSA) is 78.4 Å². The molecule has 9 heteroatoms. The molecule has 2 heterocycles. The number of aromatic nitrogens is 1. The molecule has 148 valence electrons. The first-order valence-corrected chi connectivity index (χ1v) is 9.89. The highest BCUT2D eigenvalue weighted by Crippen LogP contribution is 2.07. The number of amides is 1. The maximum absolute atomic E-state index is 11.8. The minimum absolute atomic E-state index is 0. The van der Waals surface area contributed by atoms with Gasteiger partial charge in [-0.1, -0.05) is 23.7 Å². The van der Waals surface area contributed by atoms with Gasteiger partial charge in [0, 0.05) is 32.4 Å². The van der Waals surface area contributed by atoms with Gasteiger partial charge in [0.05, 0.1) is 4.88 Å². The molecule has 0 aliphatic heterocycles. The number of thiophene rings is 1. The summed E-state index contributed by atoms with van der Waals surface area (Å²) in [5.41, 5.74) is 1.12. The molecule has 0 radical (unpaired) electrons. The molecule has 0 fully saturated rings. The maximum atomic E-state index is 11.8. The first kappa shape index (κ1) is 23.6. The summed E-state index contributed by atoms with van der Waals surface area (Å²) in [5.74, 6) is 0.754. The molecule has 3 N–H and O–H groups in total. The number of guanidine groups is 1. The van der Waals surface area contributed by atoms with Crippen molar-refractivity contribution in [2.45, 2.75) is 19.8 Å². The van der Waals surface area contributed by atoms with E-state index in [1.807, 2.05) is 30.5 Å². The number of nitrogens with one attached hydrogen (secondary N) is 3. The molecule has 0 unspecified atom stereocenters. The highest BCUT2D eigenvalue weighted by molar-refractivity contribution is 14.0. The summed E-state index contributed by atoms with van der Waals surface area (Å²) in [5, 5.41) is 11.8. The zero-order valence-corrected chi connectivity index (χ0v) is 19.1. The van der Waals surface area contributed by atoms with Gasteiger partial charge >= 0.3 is 0 Å². The van der Waals surface area contributed by atoms with Crippen molar-refractivity contribution < 1.29 is 4.79 Å². The van der Waals surface area contributed by atoms with Crippen LogP contribution in [0.25, 0.3) is 0 Å². The van der Waals surface area contributed by atoms with Crippen molar-refractivity contribution in [3.05, 3.63) is 51.4 Å². The number of halogens is 2. The Morgan fingerprint density at radius 2 is 2.07 bits per heavy atom. The molecule has 0 bridgehead atoms. The van der Waals surface area contributed by atoms with E-state index < -0.39 is 0 Å². The number of aliphatic imine (C=N–C) groups is 1. The van der Waals surface area contributed by atoms with Gasteiger partial charge in [0.2, 0.25) is 0 Å². The molecule has 0 saturated carbocycles. The van der Waals surface area contributed by atoms with E-state index in [1.165, 1.54) is 11.3 Å². The molecule has 0 spiro atoms. The zero-order valence-electron chi connectivity index (χ0n) is 15.2. The van der Waals surface area contributed by atoms with Crippen molar-refractivity contribution in [3.8, 4) is 0 Å². The molecule has 2 aromatic heterocycles. The molecular formula is C18H25ClIN5OS. The Labute approximate surface area is 186 Å². The fourth-order valence-electron chi connectivity index (χ4n) is 2.19. The minimum Gasteiger partial charge on any atom is -0.357 e. The lowest BCUT2D eigenvalue weighted by atomic mass is 10.2. The lowest BCUT2D eigenvalue weighted by Crippen LogP contribution is -2.38. The van der Waals surface area contributed by atoms with Crippen molar-refractivity contribution in [1.29, 1.82) is 0 Å². The number of carbonyl (C=O) groups excluding carboxylic acids is 1. The van der Waals surface area contributed by atoms with Gasteiger partial charge in [0.15, 0.2) is 5.96 Å². The maximum Gasteiger partial charge on any atom is 0.261 e. The number of rotatable bonds is 9. The molecule has 0 aliphatic carbocycles. The van der Waals surface area contributed by atoms with Crippen LogP contribution in [0.1, 0.15) is 28.6 Å². The molecule has 0 saturated heterocycles. The molecule has 2 aromatic rings. The first-order chi connectivity index (χ1) is 12.7. The quantitative estimate of drug-likeness (QED) is 0.156. The molecular weight excluding hydrogens is 497 g/mol. The van der Waals surface area contributed by atoms with Gasteiger partial charge in [-0.2, -0.15) is 0 Å². The Kier molecular flexibility index (Phi) is 12.0. The third-order valence-electron chi connectivity index (χ3n) is 3.47. The van der Waals surface area contributed by atoms with Crippen LogP contribution < -0.4 is 16.0 Å². The monoisotopic (exact) mass is 521 g/mol. The van der Waals surface area contributed by atoms with E-state index in [0.29, 0.717) is 18.2 Å². The van der Waals surface area contributed by atoms with Crippen LogP contribution >= 0.6 is 46.9 Å². The van der Waals surface area contributed by atoms with Gasteiger partial charge in [-0.25, -0.2) is 4.98 Å². The Hall–Kier alpha value is -1.39. The fourth-order valence-corrected chi connectivity index (χ4v) is 2.94. The summed E-state index contributed by atoms with van der Waals surface area (Å²) in [6, 6.07) is 7.46. The molecule has 0 aromatic carbocycles. The van der Waals surface area contributed by atoms with Crippen molar-refractivity contribution in [1.82, 2.24) is 20.9 Å². The number of nitrogens with zero attached hydrogens (tertiary/aromatic N) is 2. The predicted molar refractivity (Wildman–Crippen MR) is 124 cm³/mol. The predicted octanol–water partition coefficient (Wildman–Crippen LogP) is 3.33. The Bertz CT molecular complexity index is 694. The van der Waals surface area contributed by atoms with Crippen molar-refractivity contribution in [2.24, 2.45) is 4.99 Å². The second-order valence-electron chi connectivity index (χ2n) is 5.51. The second kappa shape index (κ2) is 13.7. The van der Waals surface area contributed by atoms with Crippen molar-refractivity contribution in [2.75, 3.05) is 26.2 Å². The van der Waals surface area contributed by atoms with E-state index in [0.717, 1.165) is 42.3 Å². The Balaban J connectivity index is 0.00000364. The largest absolute Gasteiger partial charge is 0.357 e. The van der Waals surface area contributed by atoms with E-state index in [-0.39, 0.29) is 29.9 Å². The lowest BCUT2D eigenvalue weighted by molar-refractivity contribution is 0.0957. The number of pyridine rings is 1. The normalized spacial score (nSPS) is 10.8. The van der Waals surface area contributed by atoms with Crippen LogP contribution in [0.4, 0.5) is 0 Å². The molecule has 27 heavy (non-hydrogen) atoms. The van der Waals surface area contributed by atoms with E-state index in [9.17, 15) is 4.79 Å². The summed E-state index contributed by atoms with van der Waals surface area (Å²) in [6.45, 7) is 4.83. The van der Waals surface area contributed by atoms with Gasteiger partial charge in [0.1, 0.15) is 5.15 Å². The van der Waals surface area contributed by atoms with Crippen LogP contribution in [0, 0.1) is 0 Å². The van der Waals surface area contributed by atoms with Gasteiger partial charge in [-0.15, -0.1) is 35.3 Å². The second-order valence-corrected chi connectivity index (χ2v) is 6.85. The number of hydrogen-bond donors (Lipinski definition) is 3. The highest BCUT2D eigenvalue weighted by atomic mass is 127. The Morgan fingerprint density at radius 3 is 2.74 bits per heavy atom. The minimum atomic E-state index is -0.0226. The molecule has 0 aliphatic rings. The molecule has 0 atom stereocenters. The van der Waals surface area contributed by atoms with E-state index in [4.69, 9.17) is 11.6 Å². The number of hydrogen-bond acceptors (Lipinski definition) is 4. The van der Waals surface area contributed by atoms with E-state index in [1.54, 1.807) is 12.3 Å². The van der Waals surface area contributed by atoms with Gasteiger partial charge in [-0.3, -0.25) is 9.79 Å². The highest BCUT2D eigenvalue weighted by Gasteiger charge is 2.04. The van der Waals surface area contributed by atoms with Gasteiger partial charge in [0.25, 0.3) is 5.91 Å². The van der Waals surface area contributed by atoms with E-state index in [2.05, 4.69) is 25.9 Å². The third kappa shape index (κ3) is 9.39. The third-order valence-corrected chi connectivity index (χ3v) is 4.57. The van der Waals surface area contributed by atoms with Crippen LogP contribution in [0.15, 0.2) is 40.8 Å². The van der Waals surface area contributed by atoms with Crippen LogP contribution in [0.3, 0.4) is 0 Å². The first-order valence-electron chi connectivity index (χ1n) is 8.63. The van der Waals surface area contributed by atoms with Gasteiger partial charge in [-0.05, 0) is 42.8 Å². The number of carbonyl (C=O) groups is 1. The van der Waals surface area contributed by atoms with Crippen LogP contribution in [0.5, 0.6) is 0 Å². The van der Waals surface area contributed by atoms with Crippen LogP contribution in [-0.4, -0.2) is 43.0 Å². The van der Waals surface area contributed by atoms with E-state index >= 15 is 0 Å². The van der Waals surface area contributed by atoms with Crippen LogP contribution in [0.2, 0.25) is 5.15 Å². The summed E-state index contributed by atoms with van der Waals surface area (Å²) >= 11 is 7.23. The van der Waals surface area contributed by atoms with Crippen LogP contribution in [-0.2, 0) is 6.42 Å². The summed E-state index contributed by atoms with van der Waals surface area (Å²) in [4.78, 5) is 21.2.